The van der Waals surface area contributed by atoms with Gasteiger partial charge in [0.15, 0.2) is 5.82 Å². The Morgan fingerprint density at radius 1 is 1.24 bits per heavy atom. The molecular weight excluding hydrogens is 480 g/mol. The molecule has 10 nitrogen and oxygen atoms in total. The van der Waals surface area contributed by atoms with E-state index in [0.717, 1.165) is 43.5 Å². The van der Waals surface area contributed by atoms with Crippen LogP contribution in [0.1, 0.15) is 12.8 Å². The molecule has 0 saturated carbocycles. The van der Waals surface area contributed by atoms with Gasteiger partial charge in [0, 0.05) is 43.5 Å². The van der Waals surface area contributed by atoms with E-state index in [-0.39, 0.29) is 0 Å². The van der Waals surface area contributed by atoms with Gasteiger partial charge in [-0.3, -0.25) is 9.62 Å². The molecule has 12 heteroatoms. The third-order valence-electron chi connectivity index (χ3n) is 6.30. The smallest absolute Gasteiger partial charge is 0.229 e. The van der Waals surface area contributed by atoms with Crippen molar-refractivity contribution in [3.05, 3.63) is 35.6 Å². The van der Waals surface area contributed by atoms with E-state index in [1.807, 2.05) is 0 Å². The van der Waals surface area contributed by atoms with E-state index < -0.39 is 10.0 Å². The number of nitrogens with one attached hydrogen (secondary N) is 2. The molecule has 2 saturated heterocycles. The fourth-order valence-electron chi connectivity index (χ4n) is 4.81. The summed E-state index contributed by atoms with van der Waals surface area (Å²) in [6, 6.07) is 7.78. The Bertz CT molecular complexity index is 1300. The number of benzene rings is 1. The highest BCUT2D eigenvalue weighted by molar-refractivity contribution is 7.92. The molecule has 0 amide bonds. The van der Waals surface area contributed by atoms with Crippen LogP contribution in [-0.4, -0.2) is 79.8 Å². The van der Waals surface area contributed by atoms with Crippen LogP contribution in [0.4, 0.5) is 11.5 Å². The number of hydrogen-bond acceptors (Lipinski definition) is 8. The molecule has 2 aliphatic rings. The maximum atomic E-state index is 11.6. The molecule has 34 heavy (non-hydrogen) atoms. The van der Waals surface area contributed by atoms with E-state index in [0.29, 0.717) is 40.2 Å². The van der Waals surface area contributed by atoms with Gasteiger partial charge in [-0.15, -0.1) is 5.10 Å². The second-order valence-electron chi connectivity index (χ2n) is 8.63. The summed E-state index contributed by atoms with van der Waals surface area (Å²) >= 11 is 6.20. The van der Waals surface area contributed by atoms with Crippen LogP contribution >= 0.6 is 11.6 Å². The van der Waals surface area contributed by atoms with Crippen LogP contribution in [0.3, 0.4) is 0 Å². The van der Waals surface area contributed by atoms with E-state index in [9.17, 15) is 8.42 Å². The minimum atomic E-state index is -3.41. The van der Waals surface area contributed by atoms with Crippen molar-refractivity contribution in [2.75, 3.05) is 49.7 Å². The summed E-state index contributed by atoms with van der Waals surface area (Å²) in [6.45, 7) is 3.25. The molecule has 2 aliphatic heterocycles. The number of rotatable bonds is 8. The van der Waals surface area contributed by atoms with Crippen molar-refractivity contribution in [2.24, 2.45) is 0 Å². The van der Waals surface area contributed by atoms with Gasteiger partial charge in [-0.05, 0) is 25.0 Å². The fourth-order valence-corrected chi connectivity index (χ4v) is 5.52. The summed E-state index contributed by atoms with van der Waals surface area (Å²) in [7, 11) is -1.89. The van der Waals surface area contributed by atoms with Crippen LogP contribution in [0.25, 0.3) is 16.6 Å². The van der Waals surface area contributed by atoms with Crippen LogP contribution in [0.15, 0.2) is 30.5 Å². The normalized spacial score (nSPS) is 20.6. The van der Waals surface area contributed by atoms with Crippen molar-refractivity contribution >= 4 is 44.0 Å². The average molecular weight is 507 g/mol. The minimum Gasteiger partial charge on any atom is -0.494 e. The first-order valence-corrected chi connectivity index (χ1v) is 13.4. The van der Waals surface area contributed by atoms with Crippen molar-refractivity contribution in [1.29, 1.82) is 0 Å². The number of halogens is 1. The lowest BCUT2D eigenvalue weighted by molar-refractivity contribution is -0.0123. The molecule has 2 unspecified atom stereocenters. The zero-order chi connectivity index (χ0) is 23.9. The van der Waals surface area contributed by atoms with Gasteiger partial charge >= 0.3 is 0 Å². The Morgan fingerprint density at radius 3 is 2.71 bits per heavy atom. The summed E-state index contributed by atoms with van der Waals surface area (Å²) < 4.78 is 38.7. The fraction of sp³-hybridized carbons (Fsp3) is 0.455. The first-order chi connectivity index (χ1) is 16.3. The van der Waals surface area contributed by atoms with Crippen molar-refractivity contribution < 1.29 is 17.9 Å². The number of methoxy groups -OCH3 is 1. The molecule has 2 aromatic heterocycles. The molecule has 5 rings (SSSR count). The van der Waals surface area contributed by atoms with Crippen LogP contribution in [0.5, 0.6) is 5.75 Å². The molecule has 0 aliphatic carbocycles. The predicted molar refractivity (Wildman–Crippen MR) is 132 cm³/mol. The maximum absolute atomic E-state index is 11.6. The second-order valence-corrected chi connectivity index (χ2v) is 10.8. The summed E-state index contributed by atoms with van der Waals surface area (Å²) in [5.41, 5.74) is 1.81. The van der Waals surface area contributed by atoms with Crippen molar-refractivity contribution in [3.63, 3.8) is 0 Å². The van der Waals surface area contributed by atoms with Gasteiger partial charge in [0.1, 0.15) is 16.6 Å². The SMILES string of the molecule is COc1cc(NS(C)(=O)=O)ccc1-n1nc(NCCN2C3CCC2COC3)c2cnc(Cl)cc21. The molecule has 2 fully saturated rings. The van der Waals surface area contributed by atoms with Gasteiger partial charge < -0.3 is 14.8 Å². The highest BCUT2D eigenvalue weighted by atomic mass is 35.5. The Hall–Kier alpha value is -2.60. The molecular formula is C22H27ClN6O4S. The molecule has 2 bridgehead atoms. The standard InChI is InChI=1S/C22H27ClN6O4S/c1-32-20-9-14(27-34(2,30)31)3-6-18(20)29-19-10-21(23)25-11-17(19)22(26-29)24-7-8-28-15-4-5-16(28)13-33-12-15/h3,6,9-11,15-16,27H,4-5,7-8,12-13H2,1-2H3,(H,24,26). The van der Waals surface area contributed by atoms with Crippen molar-refractivity contribution in [3.8, 4) is 11.4 Å². The van der Waals surface area contributed by atoms with E-state index >= 15 is 0 Å². The van der Waals surface area contributed by atoms with Gasteiger partial charge in [-0.25, -0.2) is 18.1 Å². The molecule has 2 atom stereocenters. The van der Waals surface area contributed by atoms with E-state index in [2.05, 4.69) is 19.9 Å². The van der Waals surface area contributed by atoms with E-state index in [1.54, 1.807) is 35.1 Å². The molecule has 0 radical (unpaired) electrons. The number of fused-ring (bicyclic) bond motifs is 3. The summed E-state index contributed by atoms with van der Waals surface area (Å²) in [4.78, 5) is 6.77. The zero-order valence-electron chi connectivity index (χ0n) is 19.0. The van der Waals surface area contributed by atoms with Crippen LogP contribution in [0.2, 0.25) is 5.15 Å². The lowest BCUT2D eigenvalue weighted by atomic mass is 10.2. The number of sulfonamides is 1. The zero-order valence-corrected chi connectivity index (χ0v) is 20.6. The van der Waals surface area contributed by atoms with E-state index in [1.165, 1.54) is 20.0 Å². The highest BCUT2D eigenvalue weighted by Crippen LogP contribution is 2.33. The molecule has 0 spiro atoms. The Balaban J connectivity index is 1.43. The number of nitrogens with zero attached hydrogens (tertiary/aromatic N) is 4. The van der Waals surface area contributed by atoms with Gasteiger partial charge in [0.25, 0.3) is 0 Å². The number of hydrogen-bond donors (Lipinski definition) is 2. The first kappa shape index (κ1) is 23.2. The molecule has 182 valence electrons. The van der Waals surface area contributed by atoms with Crippen molar-refractivity contribution in [1.82, 2.24) is 19.7 Å². The monoisotopic (exact) mass is 506 g/mol. The minimum absolute atomic E-state index is 0.347. The summed E-state index contributed by atoms with van der Waals surface area (Å²) in [5.74, 6) is 1.16. The Labute approximate surface area is 203 Å². The lowest BCUT2D eigenvalue weighted by Gasteiger charge is -2.34. The third-order valence-corrected chi connectivity index (χ3v) is 7.11. The average Bonchev–Trinajstić information content (AvgIpc) is 3.24. The lowest BCUT2D eigenvalue weighted by Crippen LogP contribution is -2.47. The Morgan fingerprint density at radius 2 is 2.00 bits per heavy atom. The van der Waals surface area contributed by atoms with Crippen LogP contribution in [0, 0.1) is 0 Å². The Kier molecular flexibility index (Phi) is 6.28. The quantitative estimate of drug-likeness (QED) is 0.449. The molecule has 2 N–H and O–H groups in total. The maximum Gasteiger partial charge on any atom is 0.229 e. The van der Waals surface area contributed by atoms with Gasteiger partial charge in [-0.1, -0.05) is 11.6 Å². The molecule has 1 aromatic carbocycles. The first-order valence-electron chi connectivity index (χ1n) is 11.1. The van der Waals surface area contributed by atoms with Crippen LogP contribution in [-0.2, 0) is 14.8 Å². The van der Waals surface area contributed by atoms with Gasteiger partial charge in [0.05, 0.1) is 43.2 Å². The number of anilines is 2. The summed E-state index contributed by atoms with van der Waals surface area (Å²) in [5, 5.41) is 9.43. The number of aromatic nitrogens is 3. The second kappa shape index (κ2) is 9.21. The van der Waals surface area contributed by atoms with E-state index in [4.69, 9.17) is 26.2 Å². The van der Waals surface area contributed by atoms with Crippen LogP contribution < -0.4 is 14.8 Å². The van der Waals surface area contributed by atoms with Crippen molar-refractivity contribution in [2.45, 2.75) is 24.9 Å². The number of pyridine rings is 1. The number of ether oxygens (including phenoxy) is 2. The number of morpholine rings is 1. The van der Waals surface area contributed by atoms with Gasteiger partial charge in [0.2, 0.25) is 10.0 Å². The topological polar surface area (TPSA) is 111 Å². The summed E-state index contributed by atoms with van der Waals surface area (Å²) in [6.07, 6.45) is 5.18. The third kappa shape index (κ3) is 4.65. The largest absolute Gasteiger partial charge is 0.494 e. The predicted octanol–water partition coefficient (Wildman–Crippen LogP) is 2.73. The van der Waals surface area contributed by atoms with Gasteiger partial charge in [-0.2, -0.15) is 0 Å². The molecule has 4 heterocycles. The molecule has 3 aromatic rings. The highest BCUT2D eigenvalue weighted by Gasteiger charge is 2.36.